The van der Waals surface area contributed by atoms with Gasteiger partial charge in [-0.15, -0.1) is 0 Å². The van der Waals surface area contributed by atoms with Crippen molar-refractivity contribution in [3.05, 3.63) is 23.5 Å². The molecule has 4 nitrogen and oxygen atoms in total. The fourth-order valence-corrected chi connectivity index (χ4v) is 0.705. The molecule has 1 heterocycles. The van der Waals surface area contributed by atoms with Gasteiger partial charge in [0.25, 0.3) is 0 Å². The zero-order valence-electron chi connectivity index (χ0n) is 6.68. The Morgan fingerprint density at radius 1 is 1.27 bits per heavy atom. The van der Waals surface area contributed by atoms with Gasteiger partial charge in [0.05, 0.1) is 0 Å². The van der Waals surface area contributed by atoms with Crippen LogP contribution in [-0.2, 0) is 0 Å². The highest BCUT2D eigenvalue weighted by Crippen LogP contribution is 1.92. The summed E-state index contributed by atoms with van der Waals surface area (Å²) in [6.45, 7) is 3.83. The van der Waals surface area contributed by atoms with Gasteiger partial charge in [0, 0.05) is 11.4 Å². The fourth-order valence-electron chi connectivity index (χ4n) is 0.705. The SMILES string of the molecule is Cc1ccc(C)[nH][nH]c(N)n1. The van der Waals surface area contributed by atoms with E-state index in [0.717, 1.165) is 11.4 Å². The lowest BCUT2D eigenvalue weighted by Gasteiger charge is -1.93. The molecule has 1 aromatic rings. The van der Waals surface area contributed by atoms with E-state index in [0.29, 0.717) is 5.95 Å². The highest BCUT2D eigenvalue weighted by atomic mass is 15.2. The van der Waals surface area contributed by atoms with Gasteiger partial charge in [-0.05, 0) is 26.0 Å². The van der Waals surface area contributed by atoms with Crippen molar-refractivity contribution < 1.29 is 0 Å². The van der Waals surface area contributed by atoms with Gasteiger partial charge >= 0.3 is 0 Å². The topological polar surface area (TPSA) is 70.5 Å². The minimum absolute atomic E-state index is 0.381. The number of rotatable bonds is 0. The number of aromatic amines is 2. The molecule has 0 radical (unpaired) electrons. The summed E-state index contributed by atoms with van der Waals surface area (Å²) in [4.78, 5) is 4.01. The molecule has 4 heteroatoms. The molecule has 0 unspecified atom stereocenters. The maximum Gasteiger partial charge on any atom is 0.212 e. The van der Waals surface area contributed by atoms with E-state index in [-0.39, 0.29) is 0 Å². The van der Waals surface area contributed by atoms with Crippen molar-refractivity contribution in [1.29, 1.82) is 0 Å². The largest absolute Gasteiger partial charge is 0.368 e. The molecule has 11 heavy (non-hydrogen) atoms. The summed E-state index contributed by atoms with van der Waals surface area (Å²) in [6, 6.07) is 3.83. The maximum absolute atomic E-state index is 5.47. The van der Waals surface area contributed by atoms with Gasteiger partial charge in [0.15, 0.2) is 0 Å². The van der Waals surface area contributed by atoms with Gasteiger partial charge in [0.1, 0.15) is 0 Å². The highest BCUT2D eigenvalue weighted by molar-refractivity contribution is 5.14. The fraction of sp³-hybridized carbons (Fsp3) is 0.286. The smallest absolute Gasteiger partial charge is 0.212 e. The molecule has 0 bridgehead atoms. The lowest BCUT2D eigenvalue weighted by molar-refractivity contribution is 0.965. The van der Waals surface area contributed by atoms with E-state index in [1.807, 2.05) is 26.0 Å². The molecule has 0 spiro atoms. The first-order valence-electron chi connectivity index (χ1n) is 3.40. The molecule has 0 fully saturated rings. The number of nitrogens with zero attached hydrogens (tertiary/aromatic N) is 1. The van der Waals surface area contributed by atoms with Crippen LogP contribution in [0.4, 0.5) is 5.95 Å². The second-order valence-electron chi connectivity index (χ2n) is 2.40. The van der Waals surface area contributed by atoms with Crippen molar-refractivity contribution >= 4 is 5.95 Å². The van der Waals surface area contributed by atoms with Crippen LogP contribution < -0.4 is 5.73 Å². The molecule has 0 aliphatic carbocycles. The molecular formula is C7H12N4. The van der Waals surface area contributed by atoms with Gasteiger partial charge in [-0.3, -0.25) is 5.10 Å². The average molecular weight is 152 g/mol. The van der Waals surface area contributed by atoms with Crippen LogP contribution in [0, 0.1) is 13.8 Å². The zero-order valence-corrected chi connectivity index (χ0v) is 6.68. The van der Waals surface area contributed by atoms with Gasteiger partial charge in [-0.2, -0.15) is 0 Å². The molecule has 1 rings (SSSR count). The quantitative estimate of drug-likeness (QED) is 0.520. The Kier molecular flexibility index (Phi) is 2.15. The van der Waals surface area contributed by atoms with E-state index < -0.39 is 0 Å². The Morgan fingerprint density at radius 2 is 2.00 bits per heavy atom. The molecule has 0 saturated heterocycles. The summed E-state index contributed by atoms with van der Waals surface area (Å²) in [7, 11) is 0. The predicted octanol–water partition coefficient (Wildman–Crippen LogP) is 1.06. The summed E-state index contributed by atoms with van der Waals surface area (Å²) >= 11 is 0. The molecule has 60 valence electrons. The molecule has 0 aliphatic heterocycles. The minimum atomic E-state index is 0.381. The number of nitrogens with two attached hydrogens (primary N) is 1. The van der Waals surface area contributed by atoms with Crippen molar-refractivity contribution in [2.24, 2.45) is 0 Å². The predicted molar refractivity (Wildman–Crippen MR) is 44.5 cm³/mol. The summed E-state index contributed by atoms with van der Waals surface area (Å²) in [5.41, 5.74) is 7.35. The summed E-state index contributed by atoms with van der Waals surface area (Å²) in [6.07, 6.45) is 0. The minimum Gasteiger partial charge on any atom is -0.368 e. The lowest BCUT2D eigenvalue weighted by Crippen LogP contribution is -1.95. The Morgan fingerprint density at radius 3 is 2.73 bits per heavy atom. The first-order chi connectivity index (χ1) is 5.18. The lowest BCUT2D eigenvalue weighted by atomic mass is 10.4. The number of aryl methyl sites for hydroxylation is 2. The Labute approximate surface area is 65.1 Å². The standard InChI is InChI=1S/C7H12N4/c1-5-3-4-6(2)10-11-7(8)9-5/h3-4,10H,1-2H3,(H3,8,9,11). The van der Waals surface area contributed by atoms with E-state index in [1.165, 1.54) is 0 Å². The molecular weight excluding hydrogens is 140 g/mol. The average Bonchev–Trinajstić information content (AvgIpc) is 1.95. The van der Waals surface area contributed by atoms with E-state index >= 15 is 0 Å². The third-order valence-electron chi connectivity index (χ3n) is 1.26. The summed E-state index contributed by atoms with van der Waals surface area (Å²) < 4.78 is 0. The van der Waals surface area contributed by atoms with Crippen LogP contribution >= 0.6 is 0 Å². The highest BCUT2D eigenvalue weighted by Gasteiger charge is 1.83. The molecule has 0 aliphatic rings. The van der Waals surface area contributed by atoms with Gasteiger partial charge in [-0.25, -0.2) is 4.98 Å². The van der Waals surface area contributed by atoms with E-state index in [4.69, 9.17) is 5.73 Å². The second kappa shape index (κ2) is 3.09. The Balaban J connectivity index is 3.27. The van der Waals surface area contributed by atoms with Gasteiger partial charge < -0.3 is 10.8 Å². The third-order valence-corrected chi connectivity index (χ3v) is 1.26. The monoisotopic (exact) mass is 152 g/mol. The normalized spacial score (nSPS) is 9.27. The van der Waals surface area contributed by atoms with Crippen molar-refractivity contribution in [3.63, 3.8) is 0 Å². The maximum atomic E-state index is 5.47. The van der Waals surface area contributed by atoms with Crippen molar-refractivity contribution in [2.75, 3.05) is 5.73 Å². The van der Waals surface area contributed by atoms with Crippen LogP contribution in [0.1, 0.15) is 11.4 Å². The number of anilines is 1. The van der Waals surface area contributed by atoms with E-state index in [9.17, 15) is 0 Å². The van der Waals surface area contributed by atoms with Crippen LogP contribution in [0.5, 0.6) is 0 Å². The summed E-state index contributed by atoms with van der Waals surface area (Å²) in [5, 5.41) is 5.60. The Bertz CT molecular complexity index is 257. The van der Waals surface area contributed by atoms with Crippen LogP contribution in [0.15, 0.2) is 12.1 Å². The molecule has 0 amide bonds. The van der Waals surface area contributed by atoms with Crippen molar-refractivity contribution in [3.8, 4) is 0 Å². The number of hydrogen-bond donors (Lipinski definition) is 3. The number of aromatic nitrogens is 3. The molecule has 0 saturated carbocycles. The first kappa shape index (κ1) is 7.65. The number of hydrogen-bond acceptors (Lipinski definition) is 2. The van der Waals surface area contributed by atoms with Crippen LogP contribution in [-0.4, -0.2) is 15.2 Å². The van der Waals surface area contributed by atoms with Crippen molar-refractivity contribution in [1.82, 2.24) is 15.2 Å². The zero-order chi connectivity index (χ0) is 8.27. The van der Waals surface area contributed by atoms with Crippen LogP contribution in [0.3, 0.4) is 0 Å². The number of nitrogen functional groups attached to an aromatic ring is 1. The molecule has 1 aromatic heterocycles. The Hall–Kier alpha value is -1.45. The number of H-pyrrole nitrogens is 2. The van der Waals surface area contributed by atoms with Crippen LogP contribution in [0.25, 0.3) is 0 Å². The molecule has 0 atom stereocenters. The van der Waals surface area contributed by atoms with E-state index in [2.05, 4.69) is 15.2 Å². The molecule has 4 N–H and O–H groups in total. The summed E-state index contributed by atoms with van der Waals surface area (Å²) in [5.74, 6) is 0.381. The van der Waals surface area contributed by atoms with Crippen LogP contribution in [0.2, 0.25) is 0 Å². The molecule has 0 aromatic carbocycles. The van der Waals surface area contributed by atoms with E-state index in [1.54, 1.807) is 0 Å². The second-order valence-corrected chi connectivity index (χ2v) is 2.40. The number of nitrogens with one attached hydrogen (secondary N) is 2. The van der Waals surface area contributed by atoms with Gasteiger partial charge in [0.2, 0.25) is 5.95 Å². The third kappa shape index (κ3) is 2.33. The van der Waals surface area contributed by atoms with Crippen molar-refractivity contribution in [2.45, 2.75) is 13.8 Å². The van der Waals surface area contributed by atoms with Gasteiger partial charge in [-0.1, -0.05) is 0 Å². The first-order valence-corrected chi connectivity index (χ1v) is 3.40.